The Bertz CT molecular complexity index is 1920. The molecule has 17 heteroatoms. The summed E-state index contributed by atoms with van der Waals surface area (Å²) in [6.07, 6.45) is 7.32. The van der Waals surface area contributed by atoms with Crippen LogP contribution in [0.2, 0.25) is 0 Å². The maximum absolute atomic E-state index is 14.6. The normalized spacial score (nSPS) is 38.0. The first kappa shape index (κ1) is 60.3. The minimum Gasteiger partial charge on any atom is -0.460 e. The van der Waals surface area contributed by atoms with E-state index in [2.05, 4.69) is 18.3 Å². The van der Waals surface area contributed by atoms with E-state index in [1.54, 1.807) is 46.0 Å². The van der Waals surface area contributed by atoms with Crippen LogP contribution in [0.3, 0.4) is 0 Å². The highest BCUT2D eigenvalue weighted by atomic mass is 16.6. The van der Waals surface area contributed by atoms with Crippen molar-refractivity contribution in [1.82, 2.24) is 15.1 Å². The standard InChI is InChI=1S/C56H91N3O14/c1-34-16-12-11-13-17-35(2)46(68-8)32-42-21-19-40(7)56(67,73-42)52(63)53(64)59-25-15-14-18-43(59)54(65)71-47(33-44(60)36(3)29-39(6)50(62)51(70-10)49(61)38(5)28-34)37(4)30-41-20-22-45(48(31-41)69-9)72-55(66)58-26-23-57-24-27-58/h17,29,34,36-38,40-43,45-48,50-51,57,62,67H,11-16,18-28,30-33H2,1-10H3/b35-17+,39-29+/t34-,36-,37-,38-,40-,41+,42+,43+,45-,46?,47+,48-,50-,51?,56-/m1/s1. The molecule has 17 nitrogen and oxygen atoms in total. The molecule has 0 aromatic rings. The van der Waals surface area contributed by atoms with Gasteiger partial charge in [0.25, 0.3) is 11.7 Å². The zero-order valence-corrected chi connectivity index (χ0v) is 45.8. The Hall–Kier alpha value is -3.58. The summed E-state index contributed by atoms with van der Waals surface area (Å²) < 4.78 is 36.0. The Morgan fingerprint density at radius 2 is 1.55 bits per heavy atom. The zero-order chi connectivity index (χ0) is 53.6. The van der Waals surface area contributed by atoms with Gasteiger partial charge in [0.15, 0.2) is 5.78 Å². The molecule has 3 N–H and O–H groups in total. The lowest BCUT2D eigenvalue weighted by molar-refractivity contribution is -0.265. The van der Waals surface area contributed by atoms with Crippen LogP contribution in [0.5, 0.6) is 0 Å². The molecule has 2 bridgehead atoms. The lowest BCUT2D eigenvalue weighted by Crippen LogP contribution is -2.61. The molecule has 4 aliphatic heterocycles. The smallest absolute Gasteiger partial charge is 0.410 e. The van der Waals surface area contributed by atoms with Crippen LogP contribution in [-0.2, 0) is 52.4 Å². The van der Waals surface area contributed by atoms with Gasteiger partial charge in [-0.3, -0.25) is 19.2 Å². The van der Waals surface area contributed by atoms with Crippen LogP contribution >= 0.6 is 0 Å². The molecule has 1 aliphatic carbocycles. The van der Waals surface area contributed by atoms with E-state index >= 15 is 0 Å². The molecule has 4 heterocycles. The van der Waals surface area contributed by atoms with Gasteiger partial charge in [-0.25, -0.2) is 9.59 Å². The number of hydrogen-bond acceptors (Lipinski definition) is 15. The minimum absolute atomic E-state index is 0.0628. The van der Waals surface area contributed by atoms with Gasteiger partial charge >= 0.3 is 12.1 Å². The number of ether oxygens (including phenoxy) is 6. The third kappa shape index (κ3) is 16.2. The predicted octanol–water partition coefficient (Wildman–Crippen LogP) is 6.68. The van der Waals surface area contributed by atoms with Gasteiger partial charge in [0.1, 0.15) is 36.2 Å². The van der Waals surface area contributed by atoms with Gasteiger partial charge in [-0.1, -0.05) is 59.6 Å². The molecule has 2 unspecified atom stereocenters. The summed E-state index contributed by atoms with van der Waals surface area (Å²) >= 11 is 0. The van der Waals surface area contributed by atoms with Gasteiger partial charge in [-0.05, 0) is 120 Å². The van der Waals surface area contributed by atoms with Crippen molar-refractivity contribution in [1.29, 1.82) is 0 Å². The maximum atomic E-state index is 14.6. The van der Waals surface area contributed by atoms with Crippen molar-refractivity contribution in [3.05, 3.63) is 23.3 Å². The molecule has 1 saturated carbocycles. The second kappa shape index (κ2) is 28.5. The largest absolute Gasteiger partial charge is 0.460 e. The number of hydrogen-bond donors (Lipinski definition) is 3. The number of methoxy groups -OCH3 is 3. The molecule has 5 rings (SSSR count). The second-order valence-corrected chi connectivity index (χ2v) is 22.4. The number of fused-ring (bicyclic) bond motifs is 3. The SMILES string of the molecule is COC1C[C@@H]2CC[C@@H](C)[C@@](O)(O2)C(=O)C(=O)N2CCCC[C@H]2C(=O)O[C@H]([C@H](C)C[C@@H]2CC[C@@H](OC(=O)N3CCNCC3)[C@H](OC)C2)CC(=O)[C@H](C)/C=C(\C)[C@@H](O)C(OC)C(=O)[C@H](C)C[C@H](C)CCCC/C=C/1C. The summed E-state index contributed by atoms with van der Waals surface area (Å²) in [4.78, 5) is 87.4. The number of carbonyl (C=O) groups is 6. The third-order valence-corrected chi connectivity index (χ3v) is 16.7. The number of allylic oxidation sites excluding steroid dienone is 2. The summed E-state index contributed by atoms with van der Waals surface area (Å²) in [5.74, 6) is -7.72. The quantitative estimate of drug-likeness (QED) is 0.138. The van der Waals surface area contributed by atoms with Crippen molar-refractivity contribution >= 4 is 35.3 Å². The van der Waals surface area contributed by atoms with Crippen molar-refractivity contribution < 1.29 is 67.4 Å². The number of carbonyl (C=O) groups excluding carboxylic acids is 6. The van der Waals surface area contributed by atoms with Crippen molar-refractivity contribution in [2.75, 3.05) is 54.1 Å². The topological polar surface area (TPSA) is 217 Å². The molecule has 15 atom stereocenters. The van der Waals surface area contributed by atoms with Gasteiger partial charge < -0.3 is 53.8 Å². The summed E-state index contributed by atoms with van der Waals surface area (Å²) in [5, 5.41) is 26.8. The Morgan fingerprint density at radius 1 is 0.836 bits per heavy atom. The molecule has 0 aromatic carbocycles. The zero-order valence-electron chi connectivity index (χ0n) is 45.8. The number of nitrogens with zero attached hydrogens (tertiary/aromatic N) is 2. The van der Waals surface area contributed by atoms with E-state index in [9.17, 15) is 39.0 Å². The molecular weight excluding hydrogens is 939 g/mol. The van der Waals surface area contributed by atoms with Crippen LogP contribution < -0.4 is 5.32 Å². The first-order valence-electron chi connectivity index (χ1n) is 27.5. The Balaban J connectivity index is 1.42. The van der Waals surface area contributed by atoms with E-state index in [0.717, 1.165) is 31.3 Å². The number of piperidine rings is 1. The minimum atomic E-state index is -2.42. The average molecular weight is 1030 g/mol. The average Bonchev–Trinajstić information content (AvgIpc) is 3.38. The van der Waals surface area contributed by atoms with E-state index < -0.39 is 71.8 Å². The van der Waals surface area contributed by atoms with E-state index in [1.165, 1.54) is 12.0 Å². The third-order valence-electron chi connectivity index (χ3n) is 16.7. The van der Waals surface area contributed by atoms with Crippen LogP contribution in [-0.4, -0.2) is 164 Å². The van der Waals surface area contributed by atoms with Gasteiger partial charge in [-0.2, -0.15) is 0 Å². The van der Waals surface area contributed by atoms with Gasteiger partial charge in [0.2, 0.25) is 5.79 Å². The summed E-state index contributed by atoms with van der Waals surface area (Å²) in [5.41, 5.74) is 1.39. The maximum Gasteiger partial charge on any atom is 0.410 e. The molecule has 5 aliphatic rings. The summed E-state index contributed by atoms with van der Waals surface area (Å²) in [6, 6.07) is -1.16. The second-order valence-electron chi connectivity index (χ2n) is 22.4. The fourth-order valence-corrected chi connectivity index (χ4v) is 11.8. The number of esters is 1. The molecule has 0 aromatic heterocycles. The molecule has 0 radical (unpaired) electrons. The number of ketones is 3. The van der Waals surface area contributed by atoms with E-state index in [-0.39, 0.29) is 72.9 Å². The Kier molecular flexibility index (Phi) is 23.6. The van der Waals surface area contributed by atoms with Gasteiger partial charge in [0, 0.05) is 84.6 Å². The van der Waals surface area contributed by atoms with Crippen molar-refractivity contribution in [2.24, 2.45) is 35.5 Å². The highest BCUT2D eigenvalue weighted by Crippen LogP contribution is 2.38. The molecule has 4 fully saturated rings. The van der Waals surface area contributed by atoms with Crippen LogP contribution in [0.4, 0.5) is 4.79 Å². The molecule has 2 amide bonds. The first-order valence-corrected chi connectivity index (χ1v) is 27.5. The summed E-state index contributed by atoms with van der Waals surface area (Å²) in [7, 11) is 4.62. The molecule has 73 heavy (non-hydrogen) atoms. The highest BCUT2D eigenvalue weighted by Gasteiger charge is 2.53. The highest BCUT2D eigenvalue weighted by molar-refractivity contribution is 6.39. The molecule has 414 valence electrons. The van der Waals surface area contributed by atoms with Crippen LogP contribution in [0.25, 0.3) is 0 Å². The van der Waals surface area contributed by atoms with Gasteiger partial charge in [-0.15, -0.1) is 0 Å². The number of rotatable bonds is 7. The predicted molar refractivity (Wildman–Crippen MR) is 274 cm³/mol. The van der Waals surface area contributed by atoms with Crippen LogP contribution in [0.15, 0.2) is 23.3 Å². The van der Waals surface area contributed by atoms with Crippen molar-refractivity contribution in [3.8, 4) is 0 Å². The fourth-order valence-electron chi connectivity index (χ4n) is 11.8. The fraction of sp³-hybridized carbons (Fsp3) is 0.821. The number of aliphatic hydroxyl groups excluding tert-OH is 1. The number of aliphatic hydroxyl groups is 2. The number of Topliss-reactive ketones (excluding diaryl/α,β-unsaturated/α-hetero) is 3. The van der Waals surface area contributed by atoms with Crippen LogP contribution in [0.1, 0.15) is 151 Å². The Labute approximate surface area is 435 Å². The number of cyclic esters (lactones) is 1. The lowest BCUT2D eigenvalue weighted by atomic mass is 9.78. The Morgan fingerprint density at radius 3 is 2.23 bits per heavy atom. The molecule has 0 spiro atoms. The van der Waals surface area contributed by atoms with Crippen molar-refractivity contribution in [3.63, 3.8) is 0 Å². The number of nitrogens with one attached hydrogen (secondary N) is 1. The first-order chi connectivity index (χ1) is 34.7. The van der Waals surface area contributed by atoms with Crippen molar-refractivity contribution in [2.45, 2.75) is 206 Å². The van der Waals surface area contributed by atoms with E-state index in [4.69, 9.17) is 28.4 Å². The number of piperazine rings is 1. The van der Waals surface area contributed by atoms with Gasteiger partial charge in [0.05, 0.1) is 18.3 Å². The molecule has 3 saturated heterocycles. The monoisotopic (exact) mass is 1030 g/mol. The van der Waals surface area contributed by atoms with Crippen LogP contribution in [0, 0.1) is 35.5 Å². The number of amides is 2. The summed E-state index contributed by atoms with van der Waals surface area (Å²) in [6.45, 7) is 15.6. The lowest BCUT2D eigenvalue weighted by Gasteiger charge is -2.42. The van der Waals surface area contributed by atoms with E-state index in [1.807, 2.05) is 20.8 Å². The van der Waals surface area contributed by atoms with E-state index in [0.29, 0.717) is 96.0 Å². The molecular formula is C56H91N3O14.